The number of hydroxylamine groups is 1. The Morgan fingerprint density at radius 2 is 2.00 bits per heavy atom. The van der Waals surface area contributed by atoms with E-state index in [1.807, 2.05) is 49.4 Å². The Bertz CT molecular complexity index is 778. The first-order chi connectivity index (χ1) is 11.6. The minimum atomic E-state index is -0.568. The van der Waals surface area contributed by atoms with Gasteiger partial charge in [0.2, 0.25) is 0 Å². The van der Waals surface area contributed by atoms with E-state index >= 15 is 0 Å². The van der Waals surface area contributed by atoms with Gasteiger partial charge < -0.3 is 9.57 Å². The predicted octanol–water partition coefficient (Wildman–Crippen LogP) is 3.33. The standard InChI is InChI=1S/C18H17ClN2O3/c1-18(11-23-10-17(20-18)21-24-12-22)15-6-2-4-13(8-15)14-5-3-7-16(19)9-14/h2-9,12H,10-11H2,1H3,(H,20,21). The Morgan fingerprint density at radius 3 is 2.75 bits per heavy atom. The lowest BCUT2D eigenvalue weighted by Crippen LogP contribution is -2.40. The van der Waals surface area contributed by atoms with Gasteiger partial charge in [0.1, 0.15) is 12.1 Å². The van der Waals surface area contributed by atoms with Crippen molar-refractivity contribution in [2.45, 2.75) is 12.5 Å². The minimum absolute atomic E-state index is 0.275. The van der Waals surface area contributed by atoms with Crippen molar-refractivity contribution in [3.63, 3.8) is 0 Å². The summed E-state index contributed by atoms with van der Waals surface area (Å²) in [5.74, 6) is 0.476. The zero-order valence-corrected chi connectivity index (χ0v) is 13.9. The lowest BCUT2D eigenvalue weighted by Gasteiger charge is -2.31. The second-order valence-corrected chi connectivity index (χ2v) is 6.17. The van der Waals surface area contributed by atoms with Gasteiger partial charge >= 0.3 is 6.47 Å². The van der Waals surface area contributed by atoms with Gasteiger partial charge in [-0.2, -0.15) is 0 Å². The molecule has 0 saturated carbocycles. The Labute approximate surface area is 145 Å². The molecule has 0 aromatic heterocycles. The van der Waals surface area contributed by atoms with Crippen LogP contribution in [-0.2, 0) is 19.9 Å². The molecule has 124 valence electrons. The number of ether oxygens (including phenoxy) is 1. The molecule has 2 aromatic rings. The van der Waals surface area contributed by atoms with Gasteiger partial charge in [0, 0.05) is 5.02 Å². The van der Waals surface area contributed by atoms with E-state index in [0.717, 1.165) is 16.7 Å². The van der Waals surface area contributed by atoms with Crippen molar-refractivity contribution in [1.29, 1.82) is 0 Å². The zero-order chi connectivity index (χ0) is 17.0. The monoisotopic (exact) mass is 344 g/mol. The van der Waals surface area contributed by atoms with Crippen LogP contribution in [0.4, 0.5) is 0 Å². The Kier molecular flexibility index (Phi) is 4.83. The topological polar surface area (TPSA) is 59.9 Å². The van der Waals surface area contributed by atoms with Crippen molar-refractivity contribution in [3.8, 4) is 11.1 Å². The fourth-order valence-electron chi connectivity index (χ4n) is 2.70. The van der Waals surface area contributed by atoms with E-state index in [9.17, 15) is 4.79 Å². The molecule has 1 aliphatic rings. The molecule has 24 heavy (non-hydrogen) atoms. The smallest absolute Gasteiger partial charge is 0.320 e. The fourth-order valence-corrected chi connectivity index (χ4v) is 2.89. The summed E-state index contributed by atoms with van der Waals surface area (Å²) in [5, 5.41) is 0.695. The van der Waals surface area contributed by atoms with E-state index in [4.69, 9.17) is 16.3 Å². The van der Waals surface area contributed by atoms with Gasteiger partial charge in [-0.15, -0.1) is 0 Å². The number of hydrogen-bond donors (Lipinski definition) is 1. The molecule has 1 aliphatic heterocycles. The number of carbonyl (C=O) groups excluding carboxylic acids is 1. The molecule has 0 fully saturated rings. The Morgan fingerprint density at radius 1 is 1.25 bits per heavy atom. The van der Waals surface area contributed by atoms with E-state index in [1.54, 1.807) is 0 Å². The van der Waals surface area contributed by atoms with E-state index in [-0.39, 0.29) is 6.61 Å². The largest absolute Gasteiger partial charge is 0.371 e. The molecule has 5 nitrogen and oxygen atoms in total. The van der Waals surface area contributed by atoms with Crippen LogP contribution in [0.25, 0.3) is 11.1 Å². The molecule has 0 spiro atoms. The predicted molar refractivity (Wildman–Crippen MR) is 92.8 cm³/mol. The molecule has 1 atom stereocenters. The summed E-state index contributed by atoms with van der Waals surface area (Å²) in [6.07, 6.45) is 0. The van der Waals surface area contributed by atoms with Gasteiger partial charge in [-0.3, -0.25) is 9.79 Å². The van der Waals surface area contributed by atoms with Crippen LogP contribution in [0.2, 0.25) is 5.02 Å². The van der Waals surface area contributed by atoms with Crippen molar-refractivity contribution in [2.75, 3.05) is 13.2 Å². The van der Waals surface area contributed by atoms with Crippen molar-refractivity contribution in [3.05, 3.63) is 59.1 Å². The number of carbonyl (C=O) groups is 1. The van der Waals surface area contributed by atoms with E-state index in [1.165, 1.54) is 0 Å². The first-order valence-corrected chi connectivity index (χ1v) is 7.87. The van der Waals surface area contributed by atoms with Crippen LogP contribution < -0.4 is 5.48 Å². The summed E-state index contributed by atoms with van der Waals surface area (Å²) < 4.78 is 5.60. The number of hydrogen-bond acceptors (Lipinski definition) is 5. The van der Waals surface area contributed by atoms with Crippen molar-refractivity contribution in [2.24, 2.45) is 4.99 Å². The van der Waals surface area contributed by atoms with Gasteiger partial charge in [0.15, 0.2) is 5.84 Å². The third-order valence-corrected chi connectivity index (χ3v) is 4.11. The molecule has 0 radical (unpaired) electrons. The van der Waals surface area contributed by atoms with Gasteiger partial charge in [-0.25, -0.2) is 5.48 Å². The highest BCUT2D eigenvalue weighted by atomic mass is 35.5. The Balaban J connectivity index is 1.94. The highest BCUT2D eigenvalue weighted by Crippen LogP contribution is 2.32. The van der Waals surface area contributed by atoms with Crippen LogP contribution in [0, 0.1) is 0 Å². The van der Waals surface area contributed by atoms with Crippen LogP contribution in [0.15, 0.2) is 53.5 Å². The summed E-state index contributed by atoms with van der Waals surface area (Å²) in [6, 6.07) is 15.8. The van der Waals surface area contributed by atoms with Crippen molar-refractivity contribution in [1.82, 2.24) is 5.48 Å². The molecular formula is C18H17ClN2O3. The van der Waals surface area contributed by atoms with Gasteiger partial charge in [0.25, 0.3) is 0 Å². The number of amidine groups is 1. The highest BCUT2D eigenvalue weighted by Gasteiger charge is 2.31. The SMILES string of the molecule is CC1(c2cccc(-c3cccc(Cl)c3)c2)COCC(NOC=O)=N1. The van der Waals surface area contributed by atoms with Crippen LogP contribution in [-0.4, -0.2) is 25.5 Å². The van der Waals surface area contributed by atoms with Crippen LogP contribution in [0.3, 0.4) is 0 Å². The molecule has 0 amide bonds. The van der Waals surface area contributed by atoms with E-state index in [2.05, 4.69) is 21.4 Å². The average Bonchev–Trinajstić information content (AvgIpc) is 2.60. The third kappa shape index (κ3) is 3.58. The maximum Gasteiger partial charge on any atom is 0.320 e. The number of nitrogens with zero attached hydrogens (tertiary/aromatic N) is 1. The molecule has 0 saturated heterocycles. The molecule has 0 aliphatic carbocycles. The van der Waals surface area contributed by atoms with Crippen LogP contribution in [0.1, 0.15) is 12.5 Å². The molecule has 2 aromatic carbocycles. The van der Waals surface area contributed by atoms with Gasteiger partial charge in [0.05, 0.1) is 6.61 Å². The molecule has 1 heterocycles. The second kappa shape index (κ2) is 7.03. The quantitative estimate of drug-likeness (QED) is 0.682. The maximum atomic E-state index is 10.3. The number of rotatable bonds is 4. The number of halogens is 1. The summed E-state index contributed by atoms with van der Waals surface area (Å²) in [7, 11) is 0. The zero-order valence-electron chi connectivity index (χ0n) is 13.2. The normalized spacial score (nSPS) is 20.2. The highest BCUT2D eigenvalue weighted by molar-refractivity contribution is 6.30. The summed E-state index contributed by atoms with van der Waals surface area (Å²) >= 11 is 6.09. The summed E-state index contributed by atoms with van der Waals surface area (Å²) in [4.78, 5) is 19.5. The molecule has 3 rings (SSSR count). The number of nitrogens with one attached hydrogen (secondary N) is 1. The van der Waals surface area contributed by atoms with E-state index < -0.39 is 5.54 Å². The average molecular weight is 345 g/mol. The fraction of sp³-hybridized carbons (Fsp3) is 0.222. The van der Waals surface area contributed by atoms with Gasteiger partial charge in [-0.1, -0.05) is 41.9 Å². The molecular weight excluding hydrogens is 328 g/mol. The summed E-state index contributed by atoms with van der Waals surface area (Å²) in [5.41, 5.74) is 5.02. The van der Waals surface area contributed by atoms with Gasteiger partial charge in [-0.05, 0) is 41.8 Å². The third-order valence-electron chi connectivity index (χ3n) is 3.87. The summed E-state index contributed by atoms with van der Waals surface area (Å²) in [6.45, 7) is 3.01. The minimum Gasteiger partial charge on any atom is -0.371 e. The number of benzene rings is 2. The van der Waals surface area contributed by atoms with Crippen molar-refractivity contribution >= 4 is 23.9 Å². The van der Waals surface area contributed by atoms with Crippen molar-refractivity contribution < 1.29 is 14.4 Å². The van der Waals surface area contributed by atoms with Crippen LogP contribution in [0.5, 0.6) is 0 Å². The molecule has 0 bridgehead atoms. The first kappa shape index (κ1) is 16.5. The second-order valence-electron chi connectivity index (χ2n) is 5.73. The molecule has 1 N–H and O–H groups in total. The lowest BCUT2D eigenvalue weighted by molar-refractivity contribution is -0.132. The van der Waals surface area contributed by atoms with E-state index in [0.29, 0.717) is 23.9 Å². The number of aliphatic imine (C=N–C) groups is 1. The Hall–Kier alpha value is -2.37. The maximum absolute atomic E-state index is 10.3. The lowest BCUT2D eigenvalue weighted by atomic mass is 9.90. The first-order valence-electron chi connectivity index (χ1n) is 7.49. The molecule has 1 unspecified atom stereocenters. The molecule has 6 heteroatoms. The van der Waals surface area contributed by atoms with Crippen LogP contribution >= 0.6 is 11.6 Å².